The first-order chi connectivity index (χ1) is 11.8. The van der Waals surface area contributed by atoms with E-state index in [-0.39, 0.29) is 22.1 Å². The lowest BCUT2D eigenvalue weighted by atomic mass is 10.2. The molecule has 2 rings (SSSR count). The number of rotatable bonds is 4. The Balaban J connectivity index is 2.02. The predicted octanol–water partition coefficient (Wildman–Crippen LogP) is 5.16. The zero-order valence-electron chi connectivity index (χ0n) is 13.4. The summed E-state index contributed by atoms with van der Waals surface area (Å²) in [6.45, 7) is 3.83. The molecule has 0 heterocycles. The maximum atomic E-state index is 13.1. The second kappa shape index (κ2) is 8.60. The summed E-state index contributed by atoms with van der Waals surface area (Å²) in [7, 11) is 0. The molecule has 0 fully saturated rings. The van der Waals surface area contributed by atoms with Crippen LogP contribution in [0.25, 0.3) is 0 Å². The van der Waals surface area contributed by atoms with Gasteiger partial charge in [0.05, 0.1) is 15.6 Å². The Morgan fingerprint density at radius 1 is 1.28 bits per heavy atom. The third kappa shape index (κ3) is 5.66. The van der Waals surface area contributed by atoms with Crippen LogP contribution in [0.3, 0.4) is 0 Å². The Morgan fingerprint density at radius 3 is 2.60 bits per heavy atom. The maximum absolute atomic E-state index is 13.1. The Kier molecular flexibility index (Phi) is 6.75. The van der Waals surface area contributed by atoms with Crippen molar-refractivity contribution in [1.29, 1.82) is 0 Å². The van der Waals surface area contributed by atoms with Crippen LogP contribution in [0.5, 0.6) is 5.75 Å². The summed E-state index contributed by atoms with van der Waals surface area (Å²) in [6.07, 6.45) is 0.0234. The second-order valence-electron chi connectivity index (χ2n) is 5.35. The Hall–Kier alpha value is -1.70. The van der Waals surface area contributed by atoms with Gasteiger partial charge in [-0.15, -0.1) is 0 Å². The Morgan fingerprint density at radius 2 is 2.00 bits per heavy atom. The lowest BCUT2D eigenvalue weighted by Crippen LogP contribution is -2.34. The minimum atomic E-state index is -0.532. The third-order valence-corrected chi connectivity index (χ3v) is 4.07. The first-order valence-electron chi connectivity index (χ1n) is 7.30. The number of hydrogen-bond donors (Lipinski definition) is 2. The first-order valence-corrected chi connectivity index (χ1v) is 8.88. The van der Waals surface area contributed by atoms with Crippen LogP contribution in [0.4, 0.5) is 10.1 Å². The monoisotopic (exact) mass is 444 g/mol. The predicted molar refractivity (Wildman–Crippen MR) is 105 cm³/mol. The van der Waals surface area contributed by atoms with Gasteiger partial charge in [-0.2, -0.15) is 0 Å². The number of carbonyl (C=O) groups is 1. The SMILES string of the molecule is CC(C)Oc1ccc(C(=O)NC(=S)Nc2ccc(F)c(Cl)c2)cc1Br. The van der Waals surface area contributed by atoms with E-state index >= 15 is 0 Å². The number of nitrogens with one attached hydrogen (secondary N) is 2. The van der Waals surface area contributed by atoms with Gasteiger partial charge in [0.1, 0.15) is 11.6 Å². The van der Waals surface area contributed by atoms with Gasteiger partial charge in [-0.05, 0) is 78.4 Å². The minimum absolute atomic E-state index is 0.0234. The van der Waals surface area contributed by atoms with Gasteiger partial charge in [-0.1, -0.05) is 11.6 Å². The molecule has 0 radical (unpaired) electrons. The highest BCUT2D eigenvalue weighted by Gasteiger charge is 2.12. The molecule has 8 heteroatoms. The Labute approximate surface area is 163 Å². The highest BCUT2D eigenvalue weighted by Crippen LogP contribution is 2.27. The average Bonchev–Trinajstić information content (AvgIpc) is 2.52. The molecule has 2 aromatic carbocycles. The van der Waals surface area contributed by atoms with E-state index < -0.39 is 5.82 Å². The third-order valence-electron chi connectivity index (χ3n) is 2.96. The minimum Gasteiger partial charge on any atom is -0.490 e. The summed E-state index contributed by atoms with van der Waals surface area (Å²) in [5.41, 5.74) is 0.878. The molecule has 2 N–H and O–H groups in total. The van der Waals surface area contributed by atoms with E-state index in [1.807, 2.05) is 13.8 Å². The maximum Gasteiger partial charge on any atom is 0.257 e. The molecule has 0 aromatic heterocycles. The molecule has 132 valence electrons. The van der Waals surface area contributed by atoms with Crippen LogP contribution < -0.4 is 15.4 Å². The van der Waals surface area contributed by atoms with E-state index in [1.165, 1.54) is 18.2 Å². The van der Waals surface area contributed by atoms with Crippen molar-refractivity contribution in [2.24, 2.45) is 0 Å². The summed E-state index contributed by atoms with van der Waals surface area (Å²) < 4.78 is 19.4. The average molecular weight is 446 g/mol. The van der Waals surface area contributed by atoms with Crippen molar-refractivity contribution < 1.29 is 13.9 Å². The molecule has 0 aliphatic heterocycles. The second-order valence-corrected chi connectivity index (χ2v) is 7.02. The summed E-state index contributed by atoms with van der Waals surface area (Å²) in [5.74, 6) is -0.272. The number of amides is 1. The van der Waals surface area contributed by atoms with E-state index in [9.17, 15) is 9.18 Å². The summed E-state index contributed by atoms with van der Waals surface area (Å²) in [6, 6.07) is 9.03. The lowest BCUT2D eigenvalue weighted by molar-refractivity contribution is 0.0977. The van der Waals surface area contributed by atoms with Gasteiger partial charge in [0.15, 0.2) is 5.11 Å². The highest BCUT2D eigenvalue weighted by molar-refractivity contribution is 9.10. The van der Waals surface area contributed by atoms with Crippen molar-refractivity contribution >= 4 is 56.5 Å². The van der Waals surface area contributed by atoms with Crippen molar-refractivity contribution in [1.82, 2.24) is 5.32 Å². The summed E-state index contributed by atoms with van der Waals surface area (Å²) >= 11 is 14.2. The smallest absolute Gasteiger partial charge is 0.257 e. The fraction of sp³-hybridized carbons (Fsp3) is 0.176. The van der Waals surface area contributed by atoms with Crippen molar-refractivity contribution in [2.45, 2.75) is 20.0 Å². The van der Waals surface area contributed by atoms with Crippen molar-refractivity contribution in [3.63, 3.8) is 0 Å². The highest BCUT2D eigenvalue weighted by atomic mass is 79.9. The number of benzene rings is 2. The molecule has 1 amide bonds. The van der Waals surface area contributed by atoms with Crippen LogP contribution in [0.1, 0.15) is 24.2 Å². The van der Waals surface area contributed by atoms with E-state index in [0.29, 0.717) is 21.5 Å². The summed E-state index contributed by atoms with van der Waals surface area (Å²) in [4.78, 5) is 12.3. The van der Waals surface area contributed by atoms with Gasteiger partial charge in [0, 0.05) is 11.3 Å². The first kappa shape index (κ1) is 19.6. The van der Waals surface area contributed by atoms with Crippen molar-refractivity contribution in [3.05, 3.63) is 57.3 Å². The molecule has 0 saturated heterocycles. The van der Waals surface area contributed by atoms with Crippen molar-refractivity contribution in [3.8, 4) is 5.75 Å². The molecule has 0 unspecified atom stereocenters. The fourth-order valence-corrected chi connectivity index (χ4v) is 2.77. The van der Waals surface area contributed by atoms with Crippen LogP contribution in [0.2, 0.25) is 5.02 Å². The van der Waals surface area contributed by atoms with Gasteiger partial charge in [0.25, 0.3) is 5.91 Å². The molecule has 0 bridgehead atoms. The zero-order chi connectivity index (χ0) is 18.6. The summed E-state index contributed by atoms with van der Waals surface area (Å²) in [5, 5.41) is 5.36. The molecule has 0 spiro atoms. The lowest BCUT2D eigenvalue weighted by Gasteiger charge is -2.13. The van der Waals surface area contributed by atoms with Crippen LogP contribution in [0, 0.1) is 5.82 Å². The molecular formula is C17H15BrClFN2O2S. The van der Waals surface area contributed by atoms with Crippen LogP contribution in [0.15, 0.2) is 40.9 Å². The molecule has 0 saturated carbocycles. The molecule has 0 aliphatic rings. The molecular weight excluding hydrogens is 431 g/mol. The fourth-order valence-electron chi connectivity index (χ4n) is 1.90. The molecule has 2 aromatic rings. The number of halogens is 3. The molecule has 0 atom stereocenters. The number of thiocarbonyl (C=S) groups is 1. The van der Waals surface area contributed by atoms with Gasteiger partial charge >= 0.3 is 0 Å². The van der Waals surface area contributed by atoms with E-state index in [4.69, 9.17) is 28.6 Å². The zero-order valence-corrected chi connectivity index (χ0v) is 16.6. The number of ether oxygens (including phenoxy) is 1. The molecule has 4 nitrogen and oxygen atoms in total. The number of hydrogen-bond acceptors (Lipinski definition) is 3. The quantitative estimate of drug-likeness (QED) is 0.639. The van der Waals surface area contributed by atoms with E-state index in [1.54, 1.807) is 18.2 Å². The number of carbonyl (C=O) groups excluding carboxylic acids is 1. The molecule has 25 heavy (non-hydrogen) atoms. The van der Waals surface area contributed by atoms with Gasteiger partial charge in [0.2, 0.25) is 0 Å². The normalized spacial score (nSPS) is 10.5. The topological polar surface area (TPSA) is 50.4 Å². The van der Waals surface area contributed by atoms with Gasteiger partial charge in [-0.25, -0.2) is 4.39 Å². The van der Waals surface area contributed by atoms with Gasteiger partial charge in [-0.3, -0.25) is 10.1 Å². The van der Waals surface area contributed by atoms with E-state index in [2.05, 4.69) is 26.6 Å². The number of anilines is 1. The molecule has 0 aliphatic carbocycles. The van der Waals surface area contributed by atoms with Crippen LogP contribution >= 0.6 is 39.7 Å². The Bertz CT molecular complexity index is 817. The van der Waals surface area contributed by atoms with Gasteiger partial charge < -0.3 is 10.1 Å². The van der Waals surface area contributed by atoms with Crippen molar-refractivity contribution in [2.75, 3.05) is 5.32 Å². The standard InChI is InChI=1S/C17H15BrClFN2O2S/c1-9(2)24-15-6-3-10(7-12(15)18)16(23)22-17(25)21-11-4-5-14(20)13(19)8-11/h3-9H,1-2H3,(H2,21,22,23,25). The largest absolute Gasteiger partial charge is 0.490 e. The van der Waals surface area contributed by atoms with Crippen LogP contribution in [-0.4, -0.2) is 17.1 Å². The van der Waals surface area contributed by atoms with E-state index in [0.717, 1.165) is 0 Å². The van der Waals surface area contributed by atoms with Crippen LogP contribution in [-0.2, 0) is 0 Å².